The SMILES string of the molecule is [B].[U].[U].[U].[U].[U].[U]. The fraction of sp³-hybridized carbons (Fsp3) is 0. The second kappa shape index (κ2) is 39.4. The van der Waals surface area contributed by atoms with Crippen LogP contribution in [0.25, 0.3) is 0 Å². The first kappa shape index (κ1) is 50.4. The Hall–Kier alpha value is 6.38. The topological polar surface area (TPSA) is 0 Å². The van der Waals surface area contributed by atoms with E-state index in [0.29, 0.717) is 0 Å². The third-order valence-electron chi connectivity index (χ3n) is 0. The first-order valence-corrected chi connectivity index (χ1v) is 0. The van der Waals surface area contributed by atoms with Crippen molar-refractivity contribution < 1.29 is 187 Å². The Labute approximate surface area is 189 Å². The van der Waals surface area contributed by atoms with Gasteiger partial charge in [0, 0.05) is 195 Å². The third kappa shape index (κ3) is 32.8. The molecule has 0 rings (SSSR count). The van der Waals surface area contributed by atoms with Crippen LogP contribution in [-0.4, -0.2) is 8.41 Å². The van der Waals surface area contributed by atoms with Gasteiger partial charge in [0.15, 0.2) is 0 Å². The monoisotopic (exact) mass is 1440 g/mol. The molecular formula is BU6. The quantitative estimate of drug-likeness (QED) is 0.291. The second-order valence-corrected chi connectivity index (χ2v) is 0. The second-order valence-electron chi connectivity index (χ2n) is 0. The van der Waals surface area contributed by atoms with Gasteiger partial charge in [0.2, 0.25) is 0 Å². The summed E-state index contributed by atoms with van der Waals surface area (Å²) in [5.41, 5.74) is 0. The Morgan fingerprint density at radius 2 is 0.286 bits per heavy atom. The minimum Gasteiger partial charge on any atom is 0 e. The average molecular weight is 1440 g/mol. The van der Waals surface area contributed by atoms with Gasteiger partial charge < -0.3 is 0 Å². The molecule has 7 heteroatoms. The van der Waals surface area contributed by atoms with E-state index in [-0.39, 0.29) is 195 Å². The normalized spacial score (nSPS) is 0. The summed E-state index contributed by atoms with van der Waals surface area (Å²) in [6.45, 7) is 0. The third-order valence-corrected chi connectivity index (χ3v) is 0. The van der Waals surface area contributed by atoms with Crippen LogP contribution >= 0.6 is 0 Å². The van der Waals surface area contributed by atoms with Crippen molar-refractivity contribution in [3.8, 4) is 0 Å². The van der Waals surface area contributed by atoms with Crippen LogP contribution in [0.4, 0.5) is 0 Å². The first-order chi connectivity index (χ1) is 0. The molecule has 27 valence electrons. The van der Waals surface area contributed by atoms with E-state index in [0.717, 1.165) is 0 Å². The van der Waals surface area contributed by atoms with Crippen molar-refractivity contribution in [1.29, 1.82) is 0 Å². The summed E-state index contributed by atoms with van der Waals surface area (Å²) in [7, 11) is 0. The molecule has 0 aromatic rings. The van der Waals surface area contributed by atoms with Gasteiger partial charge in [0.25, 0.3) is 0 Å². The zero-order valence-electron chi connectivity index (χ0n) is 3.58. The van der Waals surface area contributed by atoms with Gasteiger partial charge in [-0.15, -0.1) is 0 Å². The van der Waals surface area contributed by atoms with Gasteiger partial charge in [0.1, 0.15) is 0 Å². The van der Waals surface area contributed by atoms with Gasteiger partial charge in [0.05, 0.1) is 0 Å². The minimum atomic E-state index is 0. The van der Waals surface area contributed by atoms with Crippen LogP contribution in [-0.2, 0) is 0 Å². The van der Waals surface area contributed by atoms with E-state index in [4.69, 9.17) is 0 Å². The van der Waals surface area contributed by atoms with Crippen molar-refractivity contribution >= 4 is 8.41 Å². The molecule has 0 fully saturated rings. The zero-order chi connectivity index (χ0) is 0. The molecule has 0 bridgehead atoms. The van der Waals surface area contributed by atoms with Gasteiger partial charge >= 0.3 is 0 Å². The maximum absolute atomic E-state index is 0. The van der Waals surface area contributed by atoms with Crippen molar-refractivity contribution in [2.45, 2.75) is 0 Å². The fourth-order valence-corrected chi connectivity index (χ4v) is 0. The Bertz CT molecular complexity index is 4.14. The molecule has 0 atom stereocenters. The molecule has 0 aliphatic heterocycles. The molecule has 0 nitrogen and oxygen atoms in total. The molecule has 0 saturated carbocycles. The van der Waals surface area contributed by atoms with E-state index in [2.05, 4.69) is 0 Å². The molecule has 0 aliphatic carbocycles. The molecule has 0 N–H and O–H groups in total. The summed E-state index contributed by atoms with van der Waals surface area (Å²) < 4.78 is 0. The fourth-order valence-electron chi connectivity index (χ4n) is 0. The van der Waals surface area contributed by atoms with Gasteiger partial charge in [-0.1, -0.05) is 0 Å². The van der Waals surface area contributed by atoms with Crippen LogP contribution in [0.2, 0.25) is 0 Å². The Morgan fingerprint density at radius 3 is 0.286 bits per heavy atom. The van der Waals surface area contributed by atoms with Crippen molar-refractivity contribution in [2.24, 2.45) is 0 Å². The summed E-state index contributed by atoms with van der Waals surface area (Å²) in [5.74, 6) is 0. The molecular weight excluding hydrogens is 1440 g/mol. The van der Waals surface area contributed by atoms with Crippen LogP contribution in [0.3, 0.4) is 0 Å². The van der Waals surface area contributed by atoms with E-state index >= 15 is 0 Å². The summed E-state index contributed by atoms with van der Waals surface area (Å²) in [6.07, 6.45) is 0. The molecule has 3 radical (unpaired) electrons. The molecule has 0 unspecified atom stereocenters. The number of hydrogen-bond donors (Lipinski definition) is 0. The molecule has 0 aliphatic rings. The van der Waals surface area contributed by atoms with Crippen LogP contribution in [0.5, 0.6) is 0 Å². The van der Waals surface area contributed by atoms with Gasteiger partial charge in [-0.3, -0.25) is 0 Å². The zero-order valence-corrected chi connectivity index (χ0v) is 28.6. The van der Waals surface area contributed by atoms with Crippen LogP contribution < -0.4 is 0 Å². The summed E-state index contributed by atoms with van der Waals surface area (Å²) in [6, 6.07) is 0. The van der Waals surface area contributed by atoms with E-state index in [9.17, 15) is 0 Å². The minimum absolute atomic E-state index is 0. The van der Waals surface area contributed by atoms with Crippen molar-refractivity contribution in [3.05, 3.63) is 0 Å². The van der Waals surface area contributed by atoms with E-state index < -0.39 is 0 Å². The van der Waals surface area contributed by atoms with Gasteiger partial charge in [-0.25, -0.2) is 0 Å². The molecule has 0 saturated heterocycles. The van der Waals surface area contributed by atoms with Crippen LogP contribution in [0, 0.1) is 187 Å². The van der Waals surface area contributed by atoms with Crippen molar-refractivity contribution in [3.63, 3.8) is 0 Å². The molecule has 0 aromatic carbocycles. The summed E-state index contributed by atoms with van der Waals surface area (Å²) >= 11 is 0. The first-order valence-electron chi connectivity index (χ1n) is 0. The van der Waals surface area contributed by atoms with Gasteiger partial charge in [-0.2, -0.15) is 0 Å². The summed E-state index contributed by atoms with van der Waals surface area (Å²) in [4.78, 5) is 0. The Morgan fingerprint density at radius 1 is 0.286 bits per heavy atom. The molecule has 0 amide bonds. The van der Waals surface area contributed by atoms with Crippen LogP contribution in [0.1, 0.15) is 0 Å². The molecule has 7 heavy (non-hydrogen) atoms. The average Bonchev–Trinajstić information content (AvgIpc) is 0. The Kier molecular flexibility index (Phi) is 284. The van der Waals surface area contributed by atoms with Gasteiger partial charge in [-0.05, 0) is 0 Å². The standard InChI is InChI=1S/B.6U. The summed E-state index contributed by atoms with van der Waals surface area (Å²) in [5, 5.41) is 0. The van der Waals surface area contributed by atoms with Crippen molar-refractivity contribution in [2.75, 3.05) is 0 Å². The predicted molar refractivity (Wildman–Crippen MR) is 5.75 cm³/mol. The largest absolute Gasteiger partial charge is 0 e. The Balaban J connectivity index is 0. The van der Waals surface area contributed by atoms with E-state index in [1.54, 1.807) is 0 Å². The smallest absolute Gasteiger partial charge is 0 e. The van der Waals surface area contributed by atoms with E-state index in [1.165, 1.54) is 0 Å². The van der Waals surface area contributed by atoms with Crippen molar-refractivity contribution in [1.82, 2.24) is 0 Å². The molecule has 0 spiro atoms. The number of hydrogen-bond acceptors (Lipinski definition) is 0. The van der Waals surface area contributed by atoms with Crippen LogP contribution in [0.15, 0.2) is 0 Å². The maximum Gasteiger partial charge on any atom is 0 e. The van der Waals surface area contributed by atoms with E-state index in [1.807, 2.05) is 0 Å². The number of rotatable bonds is 0. The molecule has 0 heterocycles. The maximum atomic E-state index is 0. The molecule has 0 aromatic heterocycles. The predicted octanol–water partition coefficient (Wildman–Crippen LogP) is -0.381.